The number of nitrogens with two attached hydrogens (primary N) is 1. The summed E-state index contributed by atoms with van der Waals surface area (Å²) in [6.45, 7) is 2.34. The highest BCUT2D eigenvalue weighted by atomic mass is 79.9. The van der Waals surface area contributed by atoms with Crippen LogP contribution in [0.1, 0.15) is 23.2 Å². The van der Waals surface area contributed by atoms with Crippen molar-refractivity contribution in [1.82, 2.24) is 4.90 Å². The van der Waals surface area contributed by atoms with Crippen LogP contribution in [0.5, 0.6) is 0 Å². The number of rotatable bonds is 3. The molecule has 1 aliphatic rings. The molecule has 1 saturated heterocycles. The zero-order valence-corrected chi connectivity index (χ0v) is 13.9. The summed E-state index contributed by atoms with van der Waals surface area (Å²) < 4.78 is 6.05. The van der Waals surface area contributed by atoms with Crippen molar-refractivity contribution in [2.24, 2.45) is 5.92 Å². The molecule has 0 aliphatic carbocycles. The van der Waals surface area contributed by atoms with Crippen molar-refractivity contribution in [2.45, 2.75) is 12.8 Å². The quantitative estimate of drug-likeness (QED) is 0.840. The molecule has 0 radical (unpaired) electrons. The monoisotopic (exact) mass is 362 g/mol. The standard InChI is InChI=1S/C14H19BrN2O2.ClH/c1-19-9-10-4-6-17(7-5-10)14(18)12-3-2-11(15)8-13(12)16;/h2-3,8,10H,4-7,9,16H2,1H3;1H. The number of amides is 1. The summed E-state index contributed by atoms with van der Waals surface area (Å²) in [6, 6.07) is 5.40. The lowest BCUT2D eigenvalue weighted by atomic mass is 9.97. The maximum atomic E-state index is 12.4. The molecule has 0 saturated carbocycles. The van der Waals surface area contributed by atoms with Crippen molar-refractivity contribution in [1.29, 1.82) is 0 Å². The van der Waals surface area contributed by atoms with Crippen molar-refractivity contribution < 1.29 is 9.53 Å². The third-order valence-corrected chi connectivity index (χ3v) is 4.04. The van der Waals surface area contributed by atoms with Gasteiger partial charge in [-0.05, 0) is 37.0 Å². The van der Waals surface area contributed by atoms with Gasteiger partial charge in [0.1, 0.15) is 0 Å². The third kappa shape index (κ3) is 4.11. The van der Waals surface area contributed by atoms with E-state index < -0.39 is 0 Å². The van der Waals surface area contributed by atoms with Gasteiger partial charge < -0.3 is 15.4 Å². The van der Waals surface area contributed by atoms with E-state index in [1.165, 1.54) is 0 Å². The van der Waals surface area contributed by atoms with Crippen LogP contribution >= 0.6 is 28.3 Å². The van der Waals surface area contributed by atoms with Gasteiger partial charge in [-0.2, -0.15) is 0 Å². The molecular weight excluding hydrogens is 344 g/mol. The molecule has 0 bridgehead atoms. The Morgan fingerprint density at radius 1 is 1.45 bits per heavy atom. The summed E-state index contributed by atoms with van der Waals surface area (Å²) in [7, 11) is 1.72. The molecule has 4 nitrogen and oxygen atoms in total. The predicted octanol–water partition coefficient (Wildman–Crippen LogP) is 2.95. The minimum absolute atomic E-state index is 0. The smallest absolute Gasteiger partial charge is 0.255 e. The van der Waals surface area contributed by atoms with E-state index in [9.17, 15) is 4.79 Å². The van der Waals surface area contributed by atoms with Crippen LogP contribution in [0.2, 0.25) is 0 Å². The average molecular weight is 364 g/mol. The van der Waals surface area contributed by atoms with Crippen LogP contribution in [-0.4, -0.2) is 37.6 Å². The fraction of sp³-hybridized carbons (Fsp3) is 0.500. The number of likely N-dealkylation sites (tertiary alicyclic amines) is 1. The number of benzene rings is 1. The second-order valence-corrected chi connectivity index (χ2v) is 5.84. The van der Waals surface area contributed by atoms with Gasteiger partial charge in [-0.1, -0.05) is 15.9 Å². The van der Waals surface area contributed by atoms with E-state index in [4.69, 9.17) is 10.5 Å². The Morgan fingerprint density at radius 3 is 2.65 bits per heavy atom. The largest absolute Gasteiger partial charge is 0.398 e. The number of methoxy groups -OCH3 is 1. The zero-order valence-electron chi connectivity index (χ0n) is 11.5. The lowest BCUT2D eigenvalue weighted by molar-refractivity contribution is 0.0614. The molecule has 1 fully saturated rings. The van der Waals surface area contributed by atoms with E-state index in [0.29, 0.717) is 17.2 Å². The maximum absolute atomic E-state index is 12.4. The predicted molar refractivity (Wildman–Crippen MR) is 86.3 cm³/mol. The summed E-state index contributed by atoms with van der Waals surface area (Å²) >= 11 is 3.35. The summed E-state index contributed by atoms with van der Waals surface area (Å²) in [4.78, 5) is 14.3. The van der Waals surface area contributed by atoms with Crippen molar-refractivity contribution in [3.63, 3.8) is 0 Å². The van der Waals surface area contributed by atoms with E-state index in [2.05, 4.69) is 15.9 Å². The van der Waals surface area contributed by atoms with Crippen molar-refractivity contribution >= 4 is 39.9 Å². The molecule has 2 N–H and O–H groups in total. The Hall–Kier alpha value is -0.780. The van der Waals surface area contributed by atoms with Crippen molar-refractivity contribution in [2.75, 3.05) is 32.5 Å². The highest BCUT2D eigenvalue weighted by molar-refractivity contribution is 9.10. The Labute approximate surface area is 134 Å². The van der Waals surface area contributed by atoms with Crippen LogP contribution in [0, 0.1) is 5.92 Å². The van der Waals surface area contributed by atoms with E-state index >= 15 is 0 Å². The van der Waals surface area contributed by atoms with Crippen molar-refractivity contribution in [3.05, 3.63) is 28.2 Å². The molecule has 1 aromatic rings. The summed E-state index contributed by atoms with van der Waals surface area (Å²) in [5.74, 6) is 0.595. The Bertz CT molecular complexity index is 462. The zero-order chi connectivity index (χ0) is 13.8. The first-order valence-electron chi connectivity index (χ1n) is 6.45. The number of anilines is 1. The molecule has 2 rings (SSSR count). The van der Waals surface area contributed by atoms with Gasteiger partial charge in [0.05, 0.1) is 5.56 Å². The van der Waals surface area contributed by atoms with Gasteiger partial charge in [0.15, 0.2) is 0 Å². The molecule has 0 atom stereocenters. The van der Waals surface area contributed by atoms with Crippen LogP contribution in [0.15, 0.2) is 22.7 Å². The van der Waals surface area contributed by atoms with Crippen LogP contribution in [0.25, 0.3) is 0 Å². The highest BCUT2D eigenvalue weighted by Gasteiger charge is 2.24. The minimum atomic E-state index is 0. The van der Waals surface area contributed by atoms with E-state index in [1.54, 1.807) is 19.2 Å². The molecule has 1 aliphatic heterocycles. The summed E-state index contributed by atoms with van der Waals surface area (Å²) in [5.41, 5.74) is 7.02. The fourth-order valence-corrected chi connectivity index (χ4v) is 2.82. The van der Waals surface area contributed by atoms with E-state index in [1.807, 2.05) is 11.0 Å². The number of carbonyl (C=O) groups is 1. The van der Waals surface area contributed by atoms with Crippen LogP contribution in [0.3, 0.4) is 0 Å². The molecule has 20 heavy (non-hydrogen) atoms. The normalized spacial score (nSPS) is 15.8. The molecule has 1 amide bonds. The van der Waals surface area contributed by atoms with Crippen LogP contribution in [0.4, 0.5) is 5.69 Å². The molecule has 0 aromatic heterocycles. The summed E-state index contributed by atoms with van der Waals surface area (Å²) in [6.07, 6.45) is 1.99. The van der Waals surface area contributed by atoms with Gasteiger partial charge in [0.25, 0.3) is 5.91 Å². The number of halogens is 2. The first-order chi connectivity index (χ1) is 9.11. The molecule has 112 valence electrons. The molecule has 0 unspecified atom stereocenters. The third-order valence-electron chi connectivity index (χ3n) is 3.55. The Morgan fingerprint density at radius 2 is 2.10 bits per heavy atom. The van der Waals surface area contributed by atoms with Gasteiger partial charge in [-0.3, -0.25) is 4.79 Å². The van der Waals surface area contributed by atoms with Gasteiger partial charge >= 0.3 is 0 Å². The second-order valence-electron chi connectivity index (χ2n) is 4.92. The second kappa shape index (κ2) is 7.86. The molecular formula is C14H20BrClN2O2. The molecule has 0 spiro atoms. The number of hydrogen-bond donors (Lipinski definition) is 1. The van der Waals surface area contributed by atoms with Gasteiger partial charge in [0, 0.05) is 37.0 Å². The first kappa shape index (κ1) is 17.3. The number of hydrogen-bond acceptors (Lipinski definition) is 3. The molecule has 1 aromatic carbocycles. The van der Waals surface area contributed by atoms with Crippen LogP contribution in [-0.2, 0) is 4.74 Å². The van der Waals surface area contributed by atoms with E-state index in [-0.39, 0.29) is 18.3 Å². The first-order valence-corrected chi connectivity index (χ1v) is 7.24. The lowest BCUT2D eigenvalue weighted by Crippen LogP contribution is -2.39. The van der Waals surface area contributed by atoms with Crippen molar-refractivity contribution in [3.8, 4) is 0 Å². The average Bonchev–Trinajstić information content (AvgIpc) is 2.39. The lowest BCUT2D eigenvalue weighted by Gasteiger charge is -2.32. The number of piperidine rings is 1. The number of nitrogens with zero attached hydrogens (tertiary/aromatic N) is 1. The molecule has 1 heterocycles. The van der Waals surface area contributed by atoms with Crippen LogP contribution < -0.4 is 5.73 Å². The van der Waals surface area contributed by atoms with Gasteiger partial charge in [0.2, 0.25) is 0 Å². The van der Waals surface area contributed by atoms with Gasteiger partial charge in [-0.25, -0.2) is 0 Å². The summed E-state index contributed by atoms with van der Waals surface area (Å²) in [5, 5.41) is 0. The number of ether oxygens (including phenoxy) is 1. The SMILES string of the molecule is COCC1CCN(C(=O)c2ccc(Br)cc2N)CC1.Cl. The Balaban J connectivity index is 0.00000200. The highest BCUT2D eigenvalue weighted by Crippen LogP contribution is 2.23. The Kier molecular flexibility index (Phi) is 6.79. The fourth-order valence-electron chi connectivity index (χ4n) is 2.44. The molecule has 6 heteroatoms. The topological polar surface area (TPSA) is 55.6 Å². The van der Waals surface area contributed by atoms with Gasteiger partial charge in [-0.15, -0.1) is 12.4 Å². The maximum Gasteiger partial charge on any atom is 0.255 e. The number of nitrogen functional groups attached to an aromatic ring is 1. The number of carbonyl (C=O) groups excluding carboxylic acids is 1. The minimum Gasteiger partial charge on any atom is -0.398 e. The van der Waals surface area contributed by atoms with E-state index in [0.717, 1.165) is 37.0 Å².